The maximum atomic E-state index is 11.5. The van der Waals surface area contributed by atoms with Gasteiger partial charge in [0.05, 0.1) is 0 Å². The lowest BCUT2D eigenvalue weighted by Crippen LogP contribution is -2.07. The van der Waals surface area contributed by atoms with Gasteiger partial charge in [-0.3, -0.25) is 9.59 Å². The van der Waals surface area contributed by atoms with Crippen LogP contribution in [0.15, 0.2) is 72.2 Å². The number of rotatable bonds is 5. The highest BCUT2D eigenvalue weighted by Gasteiger charge is 2.14. The zero-order valence-electron chi connectivity index (χ0n) is 13.6. The summed E-state index contributed by atoms with van der Waals surface area (Å²) in [5.74, 6) is -0.646. The van der Waals surface area contributed by atoms with E-state index < -0.39 is 11.9 Å². The third kappa shape index (κ3) is 5.57. The normalized spacial score (nSPS) is 11.8. The summed E-state index contributed by atoms with van der Waals surface area (Å²) >= 11 is 0. The van der Waals surface area contributed by atoms with Crippen molar-refractivity contribution in [3.63, 3.8) is 0 Å². The third-order valence-electron chi connectivity index (χ3n) is 2.94. The van der Waals surface area contributed by atoms with E-state index in [1.54, 1.807) is 12.2 Å². The molecule has 2 aromatic carbocycles. The third-order valence-corrected chi connectivity index (χ3v) is 2.94. The van der Waals surface area contributed by atoms with Crippen molar-refractivity contribution in [2.45, 2.75) is 13.8 Å². The Bertz CT molecular complexity index is 691. The van der Waals surface area contributed by atoms with Crippen LogP contribution in [0.1, 0.15) is 25.0 Å². The number of esters is 2. The SMILES string of the molecule is CC(=O)OC(=C\c1ccccc1)/C(=C/c1ccccc1)OC(C)=O. The Kier molecular flexibility index (Phi) is 6.08. The molecule has 2 aromatic rings. The van der Waals surface area contributed by atoms with E-state index in [0.29, 0.717) is 0 Å². The molecule has 0 N–H and O–H groups in total. The number of hydrogen-bond acceptors (Lipinski definition) is 4. The summed E-state index contributed by atoms with van der Waals surface area (Å²) in [7, 11) is 0. The van der Waals surface area contributed by atoms with Crippen LogP contribution in [0.5, 0.6) is 0 Å². The fraction of sp³-hybridized carbons (Fsp3) is 0.100. The summed E-state index contributed by atoms with van der Waals surface area (Å²) < 4.78 is 10.5. The molecular weight excluding hydrogens is 304 g/mol. The Morgan fingerprint density at radius 2 is 1.00 bits per heavy atom. The molecule has 24 heavy (non-hydrogen) atoms. The molecule has 0 amide bonds. The molecule has 0 spiro atoms. The van der Waals surface area contributed by atoms with Crippen LogP contribution in [0.4, 0.5) is 0 Å². The second-order valence-electron chi connectivity index (χ2n) is 5.03. The smallest absolute Gasteiger partial charge is 0.308 e. The summed E-state index contributed by atoms with van der Waals surface area (Å²) in [4.78, 5) is 22.9. The fourth-order valence-corrected chi connectivity index (χ4v) is 2.01. The Labute approximate surface area is 141 Å². The van der Waals surface area contributed by atoms with Gasteiger partial charge in [-0.2, -0.15) is 0 Å². The number of ether oxygens (including phenoxy) is 2. The monoisotopic (exact) mass is 322 g/mol. The van der Waals surface area contributed by atoms with Crippen LogP contribution in [-0.2, 0) is 19.1 Å². The molecule has 122 valence electrons. The second kappa shape index (κ2) is 8.48. The molecule has 0 fully saturated rings. The Hall–Kier alpha value is -3.14. The number of carbonyl (C=O) groups excluding carboxylic acids is 2. The van der Waals surface area contributed by atoms with E-state index in [-0.39, 0.29) is 11.5 Å². The topological polar surface area (TPSA) is 52.6 Å². The van der Waals surface area contributed by atoms with Crippen LogP contribution in [0, 0.1) is 0 Å². The largest absolute Gasteiger partial charge is 0.423 e. The van der Waals surface area contributed by atoms with Gasteiger partial charge in [0.2, 0.25) is 0 Å². The highest BCUT2D eigenvalue weighted by molar-refractivity contribution is 5.75. The van der Waals surface area contributed by atoms with Gasteiger partial charge in [0, 0.05) is 13.8 Å². The molecule has 2 rings (SSSR count). The average Bonchev–Trinajstić information content (AvgIpc) is 2.55. The zero-order chi connectivity index (χ0) is 17.4. The summed E-state index contributed by atoms with van der Waals surface area (Å²) in [6.07, 6.45) is 3.30. The molecule has 4 nitrogen and oxygen atoms in total. The molecule has 0 aromatic heterocycles. The van der Waals surface area contributed by atoms with Gasteiger partial charge in [-0.05, 0) is 23.3 Å². The van der Waals surface area contributed by atoms with Crippen molar-refractivity contribution in [2.24, 2.45) is 0 Å². The predicted molar refractivity (Wildman–Crippen MR) is 92.4 cm³/mol. The highest BCUT2D eigenvalue weighted by Crippen LogP contribution is 2.21. The number of hydrogen-bond donors (Lipinski definition) is 0. The average molecular weight is 322 g/mol. The van der Waals surface area contributed by atoms with Gasteiger partial charge < -0.3 is 9.47 Å². The lowest BCUT2D eigenvalue weighted by molar-refractivity contribution is -0.141. The number of benzene rings is 2. The lowest BCUT2D eigenvalue weighted by atomic mass is 10.1. The molecule has 0 aliphatic rings. The van der Waals surface area contributed by atoms with Gasteiger partial charge in [0.15, 0.2) is 11.5 Å². The highest BCUT2D eigenvalue weighted by atomic mass is 16.6. The van der Waals surface area contributed by atoms with Crippen LogP contribution in [0.25, 0.3) is 12.2 Å². The van der Waals surface area contributed by atoms with Gasteiger partial charge in [-0.15, -0.1) is 0 Å². The molecule has 4 heteroatoms. The van der Waals surface area contributed by atoms with Crippen molar-refractivity contribution in [2.75, 3.05) is 0 Å². The molecular formula is C20H18O4. The van der Waals surface area contributed by atoms with Crippen LogP contribution < -0.4 is 0 Å². The van der Waals surface area contributed by atoms with E-state index in [1.165, 1.54) is 13.8 Å². The van der Waals surface area contributed by atoms with Crippen molar-refractivity contribution in [3.05, 3.63) is 83.3 Å². The first-order valence-corrected chi connectivity index (χ1v) is 7.45. The van der Waals surface area contributed by atoms with Crippen LogP contribution >= 0.6 is 0 Å². The maximum absolute atomic E-state index is 11.5. The maximum Gasteiger partial charge on any atom is 0.308 e. The van der Waals surface area contributed by atoms with E-state index in [1.807, 2.05) is 60.7 Å². The molecule has 0 unspecified atom stereocenters. The van der Waals surface area contributed by atoms with Crippen molar-refractivity contribution < 1.29 is 19.1 Å². The molecule has 0 atom stereocenters. The fourth-order valence-electron chi connectivity index (χ4n) is 2.01. The summed E-state index contributed by atoms with van der Waals surface area (Å²) in [5.41, 5.74) is 1.64. The molecule has 0 aliphatic carbocycles. The standard InChI is InChI=1S/C20H18O4/c1-15(21)23-19(13-17-9-5-3-6-10-17)20(24-16(2)22)14-18-11-7-4-8-12-18/h3-14H,1-2H3/b19-13-,20-14-. The van der Waals surface area contributed by atoms with E-state index in [0.717, 1.165) is 11.1 Å². The van der Waals surface area contributed by atoms with Crippen LogP contribution in [0.3, 0.4) is 0 Å². The lowest BCUT2D eigenvalue weighted by Gasteiger charge is -2.11. The Balaban J connectivity index is 2.48. The number of carbonyl (C=O) groups is 2. The van der Waals surface area contributed by atoms with E-state index in [9.17, 15) is 9.59 Å². The predicted octanol–water partition coefficient (Wildman–Crippen LogP) is 4.19. The quantitative estimate of drug-likeness (QED) is 0.470. The minimum absolute atomic E-state index is 0.174. The Morgan fingerprint density at radius 1 is 0.667 bits per heavy atom. The summed E-state index contributed by atoms with van der Waals surface area (Å²) in [6, 6.07) is 18.7. The van der Waals surface area contributed by atoms with E-state index in [4.69, 9.17) is 9.47 Å². The van der Waals surface area contributed by atoms with Crippen molar-refractivity contribution in [1.29, 1.82) is 0 Å². The molecule has 0 bridgehead atoms. The van der Waals surface area contributed by atoms with Crippen LogP contribution in [-0.4, -0.2) is 11.9 Å². The first kappa shape index (κ1) is 17.2. The minimum atomic E-state index is -0.497. The van der Waals surface area contributed by atoms with Crippen molar-refractivity contribution in [1.82, 2.24) is 0 Å². The first-order chi connectivity index (χ1) is 11.5. The molecule has 0 saturated heterocycles. The molecule has 0 heterocycles. The summed E-state index contributed by atoms with van der Waals surface area (Å²) in [5, 5.41) is 0. The van der Waals surface area contributed by atoms with E-state index in [2.05, 4.69) is 0 Å². The molecule has 0 saturated carbocycles. The second-order valence-corrected chi connectivity index (χ2v) is 5.03. The van der Waals surface area contributed by atoms with Gasteiger partial charge in [0.1, 0.15) is 0 Å². The Morgan fingerprint density at radius 3 is 1.29 bits per heavy atom. The molecule has 0 radical (unpaired) electrons. The van der Waals surface area contributed by atoms with Gasteiger partial charge >= 0.3 is 11.9 Å². The minimum Gasteiger partial charge on any atom is -0.423 e. The van der Waals surface area contributed by atoms with Gasteiger partial charge in [-0.1, -0.05) is 60.7 Å². The zero-order valence-corrected chi connectivity index (χ0v) is 13.6. The van der Waals surface area contributed by atoms with Crippen molar-refractivity contribution in [3.8, 4) is 0 Å². The van der Waals surface area contributed by atoms with Crippen LogP contribution in [0.2, 0.25) is 0 Å². The first-order valence-electron chi connectivity index (χ1n) is 7.45. The van der Waals surface area contributed by atoms with Crippen molar-refractivity contribution >= 4 is 24.1 Å². The molecule has 0 aliphatic heterocycles. The van der Waals surface area contributed by atoms with Gasteiger partial charge in [-0.25, -0.2) is 0 Å². The van der Waals surface area contributed by atoms with E-state index >= 15 is 0 Å². The summed E-state index contributed by atoms with van der Waals surface area (Å²) in [6.45, 7) is 2.60. The van der Waals surface area contributed by atoms with Gasteiger partial charge in [0.25, 0.3) is 0 Å².